The van der Waals surface area contributed by atoms with Crippen molar-refractivity contribution in [2.24, 2.45) is 0 Å². The highest BCUT2D eigenvalue weighted by atomic mass is 16.3. The van der Waals surface area contributed by atoms with E-state index in [1.54, 1.807) is 0 Å². The van der Waals surface area contributed by atoms with Gasteiger partial charge in [-0.15, -0.1) is 0 Å². The molecule has 0 saturated heterocycles. The van der Waals surface area contributed by atoms with E-state index in [4.69, 9.17) is 0 Å². The lowest BCUT2D eigenvalue weighted by Gasteiger charge is -2.19. The number of nitrogens with zero attached hydrogens (tertiary/aromatic N) is 2. The van der Waals surface area contributed by atoms with Gasteiger partial charge in [0.25, 0.3) is 0 Å². The Hall–Kier alpha value is -1.65. The first-order valence-corrected chi connectivity index (χ1v) is 7.41. The molecule has 0 saturated carbocycles. The second-order valence-electron chi connectivity index (χ2n) is 6.41. The van der Waals surface area contributed by atoms with Gasteiger partial charge >= 0.3 is 0 Å². The van der Waals surface area contributed by atoms with Crippen LogP contribution in [-0.4, -0.2) is 27.5 Å². The van der Waals surface area contributed by atoms with Gasteiger partial charge in [0.2, 0.25) is 0 Å². The zero-order valence-electron chi connectivity index (χ0n) is 13.1. The Balaban J connectivity index is 1.90. The lowest BCUT2D eigenvalue weighted by molar-refractivity contribution is 0.240. The highest BCUT2D eigenvalue weighted by Gasteiger charge is 2.14. The van der Waals surface area contributed by atoms with E-state index in [0.29, 0.717) is 6.54 Å². The van der Waals surface area contributed by atoms with Gasteiger partial charge in [0, 0.05) is 24.3 Å². The van der Waals surface area contributed by atoms with Crippen molar-refractivity contribution >= 4 is 0 Å². The summed E-state index contributed by atoms with van der Waals surface area (Å²) in [6.45, 7) is 7.23. The summed E-state index contributed by atoms with van der Waals surface area (Å²) in [6, 6.07) is 10.3. The Morgan fingerprint density at radius 2 is 1.90 bits per heavy atom. The number of aromatic nitrogens is 2. The minimum Gasteiger partial charge on any atom is -0.395 e. The fraction of sp³-hybridized carbons (Fsp3) is 0.471. The van der Waals surface area contributed by atoms with Crippen LogP contribution in [0.25, 0.3) is 0 Å². The molecule has 0 aliphatic rings. The van der Waals surface area contributed by atoms with Crippen LogP contribution < -0.4 is 5.32 Å². The summed E-state index contributed by atoms with van der Waals surface area (Å²) in [5.41, 5.74) is 2.37. The third-order valence-electron chi connectivity index (χ3n) is 3.46. The Morgan fingerprint density at radius 3 is 2.48 bits per heavy atom. The van der Waals surface area contributed by atoms with E-state index < -0.39 is 0 Å². The van der Waals surface area contributed by atoms with Crippen LogP contribution in [0.5, 0.6) is 0 Å². The van der Waals surface area contributed by atoms with Crippen LogP contribution in [0.3, 0.4) is 0 Å². The monoisotopic (exact) mass is 287 g/mol. The molecule has 0 aliphatic carbocycles. The Bertz CT molecular complexity index is 543. The summed E-state index contributed by atoms with van der Waals surface area (Å²) in [6.07, 6.45) is 4.77. The van der Waals surface area contributed by atoms with Crippen molar-refractivity contribution in [3.63, 3.8) is 0 Å². The van der Waals surface area contributed by atoms with E-state index in [2.05, 4.69) is 49.5 Å². The van der Waals surface area contributed by atoms with E-state index >= 15 is 0 Å². The minimum atomic E-state index is -0.00132. The van der Waals surface area contributed by atoms with Crippen LogP contribution in [0.4, 0.5) is 0 Å². The molecule has 2 aromatic rings. The van der Waals surface area contributed by atoms with Gasteiger partial charge in [-0.3, -0.25) is 4.68 Å². The van der Waals surface area contributed by atoms with Crippen molar-refractivity contribution in [2.75, 3.05) is 6.61 Å². The molecule has 0 bridgehead atoms. The molecule has 0 spiro atoms. The van der Waals surface area contributed by atoms with Gasteiger partial charge in [0.05, 0.1) is 18.3 Å². The number of hydrogen-bond acceptors (Lipinski definition) is 3. The molecule has 0 aliphatic heterocycles. The number of rotatable bonds is 6. The number of aliphatic hydroxyl groups is 1. The van der Waals surface area contributed by atoms with Crippen molar-refractivity contribution in [1.29, 1.82) is 0 Å². The first kappa shape index (κ1) is 15.7. The van der Waals surface area contributed by atoms with Gasteiger partial charge in [0.1, 0.15) is 0 Å². The number of nitrogens with one attached hydrogen (secondary N) is 1. The summed E-state index contributed by atoms with van der Waals surface area (Å²) >= 11 is 0. The third kappa shape index (κ3) is 4.69. The lowest BCUT2D eigenvalue weighted by atomic mass is 10.1. The highest BCUT2D eigenvalue weighted by molar-refractivity contribution is 5.16. The largest absolute Gasteiger partial charge is 0.395 e. The van der Waals surface area contributed by atoms with Crippen LogP contribution >= 0.6 is 0 Å². The summed E-state index contributed by atoms with van der Waals surface area (Å²) < 4.78 is 1.97. The summed E-state index contributed by atoms with van der Waals surface area (Å²) in [5, 5.41) is 17.3. The highest BCUT2D eigenvalue weighted by Crippen LogP contribution is 2.13. The normalized spacial score (nSPS) is 13.3. The molecule has 4 heteroatoms. The van der Waals surface area contributed by atoms with Gasteiger partial charge in [-0.25, -0.2) is 0 Å². The van der Waals surface area contributed by atoms with Crippen LogP contribution in [0.2, 0.25) is 0 Å². The molecule has 0 amide bonds. The van der Waals surface area contributed by atoms with Crippen LogP contribution in [0, 0.1) is 0 Å². The first-order valence-electron chi connectivity index (χ1n) is 7.41. The van der Waals surface area contributed by atoms with Crippen molar-refractivity contribution in [3.05, 3.63) is 53.9 Å². The molecule has 114 valence electrons. The van der Waals surface area contributed by atoms with Crippen molar-refractivity contribution < 1.29 is 5.11 Å². The van der Waals surface area contributed by atoms with Gasteiger partial charge in [-0.1, -0.05) is 30.3 Å². The fourth-order valence-corrected chi connectivity index (χ4v) is 2.18. The molecule has 0 fully saturated rings. The molecule has 1 aromatic carbocycles. The van der Waals surface area contributed by atoms with E-state index in [-0.39, 0.29) is 18.2 Å². The summed E-state index contributed by atoms with van der Waals surface area (Å²) in [4.78, 5) is 0. The van der Waals surface area contributed by atoms with E-state index in [1.165, 1.54) is 5.56 Å². The molecule has 4 nitrogen and oxygen atoms in total. The predicted molar refractivity (Wildman–Crippen MR) is 85.1 cm³/mol. The minimum absolute atomic E-state index is 0.00132. The SMILES string of the molecule is CC(C)(C)n1cc(CN[C@H](CO)Cc2ccccc2)cn1. The summed E-state index contributed by atoms with van der Waals surface area (Å²) in [7, 11) is 0. The second kappa shape index (κ2) is 6.87. The zero-order valence-corrected chi connectivity index (χ0v) is 13.1. The first-order chi connectivity index (χ1) is 9.99. The maximum Gasteiger partial charge on any atom is 0.0587 e. The molecule has 1 aromatic heterocycles. The molecule has 0 radical (unpaired) electrons. The van der Waals surface area contributed by atoms with Crippen LogP contribution in [0.15, 0.2) is 42.7 Å². The average Bonchev–Trinajstić information content (AvgIpc) is 2.93. The molecule has 1 atom stereocenters. The maximum absolute atomic E-state index is 9.52. The Morgan fingerprint density at radius 1 is 1.19 bits per heavy atom. The van der Waals surface area contributed by atoms with Crippen LogP contribution in [-0.2, 0) is 18.5 Å². The third-order valence-corrected chi connectivity index (χ3v) is 3.46. The van der Waals surface area contributed by atoms with Gasteiger partial charge in [-0.2, -0.15) is 5.10 Å². The second-order valence-corrected chi connectivity index (χ2v) is 6.41. The molecule has 0 unspecified atom stereocenters. The topological polar surface area (TPSA) is 50.1 Å². The van der Waals surface area contributed by atoms with Crippen LogP contribution in [0.1, 0.15) is 31.9 Å². The van der Waals surface area contributed by atoms with Gasteiger partial charge in [-0.05, 0) is 32.8 Å². The smallest absolute Gasteiger partial charge is 0.0587 e. The number of hydrogen-bond donors (Lipinski definition) is 2. The molecule has 2 N–H and O–H groups in total. The summed E-state index contributed by atoms with van der Waals surface area (Å²) in [5.74, 6) is 0. The maximum atomic E-state index is 9.52. The standard InChI is InChI=1S/C17H25N3O/c1-17(2,3)20-12-15(11-19-20)10-18-16(13-21)9-14-7-5-4-6-8-14/h4-8,11-12,16,18,21H,9-10,13H2,1-3H3/t16-/m0/s1. The molecular weight excluding hydrogens is 262 g/mol. The number of aliphatic hydroxyl groups excluding tert-OH is 1. The molecule has 2 rings (SSSR count). The van der Waals surface area contributed by atoms with Crippen molar-refractivity contribution in [2.45, 2.75) is 45.3 Å². The lowest BCUT2D eigenvalue weighted by Crippen LogP contribution is -2.34. The zero-order chi connectivity index (χ0) is 15.3. The average molecular weight is 287 g/mol. The Labute approximate surface area is 126 Å². The van der Waals surface area contributed by atoms with Gasteiger partial charge < -0.3 is 10.4 Å². The Kier molecular flexibility index (Phi) is 5.15. The predicted octanol–water partition coefficient (Wildman–Crippen LogP) is 2.33. The number of benzene rings is 1. The van der Waals surface area contributed by atoms with E-state index in [0.717, 1.165) is 12.0 Å². The quantitative estimate of drug-likeness (QED) is 0.857. The molecule has 1 heterocycles. The molecule has 21 heavy (non-hydrogen) atoms. The van der Waals surface area contributed by atoms with E-state index in [9.17, 15) is 5.11 Å². The fourth-order valence-electron chi connectivity index (χ4n) is 2.18. The molecular formula is C17H25N3O. The van der Waals surface area contributed by atoms with Crippen molar-refractivity contribution in [3.8, 4) is 0 Å². The van der Waals surface area contributed by atoms with Crippen molar-refractivity contribution in [1.82, 2.24) is 15.1 Å². The van der Waals surface area contributed by atoms with E-state index in [1.807, 2.05) is 29.1 Å². The van der Waals surface area contributed by atoms with Gasteiger partial charge in [0.15, 0.2) is 0 Å².